The van der Waals surface area contributed by atoms with E-state index in [1.54, 1.807) is 19.4 Å². The van der Waals surface area contributed by atoms with Crippen LogP contribution in [0.3, 0.4) is 0 Å². The van der Waals surface area contributed by atoms with Gasteiger partial charge in [-0.1, -0.05) is 0 Å². The number of benzene rings is 1. The lowest BCUT2D eigenvalue weighted by Crippen LogP contribution is -2.27. The first kappa shape index (κ1) is 15.1. The Morgan fingerprint density at radius 2 is 1.95 bits per heavy atom. The van der Waals surface area contributed by atoms with Gasteiger partial charge in [-0.2, -0.15) is 0 Å². The molecule has 1 N–H and O–H groups in total. The summed E-state index contributed by atoms with van der Waals surface area (Å²) in [7, 11) is -3.63. The first-order chi connectivity index (χ1) is 9.40. The van der Waals surface area contributed by atoms with Crippen molar-refractivity contribution < 1.29 is 12.8 Å². The molecule has 0 saturated carbocycles. The van der Waals surface area contributed by atoms with Gasteiger partial charge in [-0.3, -0.25) is 0 Å². The zero-order valence-corrected chi connectivity index (χ0v) is 12.8. The van der Waals surface area contributed by atoms with Crippen molar-refractivity contribution in [3.8, 4) is 0 Å². The summed E-state index contributed by atoms with van der Waals surface area (Å²) in [5.74, 6) is -0.429. The molecule has 0 saturated heterocycles. The molecule has 0 radical (unpaired) electrons. The van der Waals surface area contributed by atoms with Crippen LogP contribution in [0.1, 0.15) is 16.8 Å². The van der Waals surface area contributed by atoms with Gasteiger partial charge in [-0.15, -0.1) is 11.3 Å². The average molecular weight is 314 g/mol. The van der Waals surface area contributed by atoms with Gasteiger partial charge in [0.2, 0.25) is 10.0 Å². The molecule has 0 amide bonds. The summed E-state index contributed by atoms with van der Waals surface area (Å²) in [6.45, 7) is 3.44. The Kier molecular flexibility index (Phi) is 4.52. The van der Waals surface area contributed by atoms with Crippen LogP contribution in [-0.2, 0) is 16.4 Å². The zero-order valence-electron chi connectivity index (χ0n) is 11.2. The fraction of sp³-hybridized carbons (Fsp3) is 0.308. The van der Waals surface area contributed by atoms with Crippen molar-refractivity contribution in [3.05, 3.63) is 45.7 Å². The van der Waals surface area contributed by atoms with Crippen molar-refractivity contribution in [2.75, 3.05) is 6.54 Å². The van der Waals surface area contributed by atoms with Crippen molar-refractivity contribution in [3.63, 3.8) is 0 Å². The van der Waals surface area contributed by atoms with Crippen molar-refractivity contribution in [2.45, 2.75) is 25.2 Å². The van der Waals surface area contributed by atoms with Gasteiger partial charge in [-0.25, -0.2) is 22.5 Å². The van der Waals surface area contributed by atoms with Crippen LogP contribution >= 0.6 is 11.3 Å². The largest absolute Gasteiger partial charge is 0.250 e. The molecule has 0 aliphatic carbocycles. The Hall–Kier alpha value is -1.31. The third-order valence-electron chi connectivity index (χ3n) is 2.85. The van der Waals surface area contributed by atoms with E-state index >= 15 is 0 Å². The van der Waals surface area contributed by atoms with Gasteiger partial charge in [0.25, 0.3) is 0 Å². The van der Waals surface area contributed by atoms with Crippen molar-refractivity contribution in [1.29, 1.82) is 0 Å². The SMILES string of the molecule is Cc1cc(F)cc(C)c1S(=O)(=O)NCCc1cscn1. The Morgan fingerprint density at radius 1 is 1.30 bits per heavy atom. The van der Waals surface area contributed by atoms with Crippen LogP contribution < -0.4 is 4.72 Å². The van der Waals surface area contributed by atoms with E-state index in [2.05, 4.69) is 9.71 Å². The Bertz CT molecular complexity index is 674. The topological polar surface area (TPSA) is 59.1 Å². The van der Waals surface area contributed by atoms with E-state index in [1.165, 1.54) is 23.5 Å². The Morgan fingerprint density at radius 3 is 2.50 bits per heavy atom. The number of aryl methyl sites for hydroxylation is 2. The number of aromatic nitrogens is 1. The van der Waals surface area contributed by atoms with E-state index in [4.69, 9.17) is 0 Å². The monoisotopic (exact) mass is 314 g/mol. The second-order valence-corrected chi connectivity index (χ2v) is 6.92. The lowest BCUT2D eigenvalue weighted by Gasteiger charge is -2.12. The highest BCUT2D eigenvalue weighted by atomic mass is 32.2. The van der Waals surface area contributed by atoms with Gasteiger partial charge in [0.05, 0.1) is 16.1 Å². The minimum atomic E-state index is -3.63. The van der Waals surface area contributed by atoms with Crippen LogP contribution in [0, 0.1) is 19.7 Å². The van der Waals surface area contributed by atoms with Crippen LogP contribution in [-0.4, -0.2) is 19.9 Å². The smallest absolute Gasteiger partial charge is 0.241 e. The summed E-state index contributed by atoms with van der Waals surface area (Å²) in [5.41, 5.74) is 3.37. The molecule has 0 spiro atoms. The van der Waals surface area contributed by atoms with Crippen molar-refractivity contribution in [1.82, 2.24) is 9.71 Å². The van der Waals surface area contributed by atoms with Gasteiger partial charge in [0.1, 0.15) is 5.82 Å². The van der Waals surface area contributed by atoms with Gasteiger partial charge >= 0.3 is 0 Å². The highest BCUT2D eigenvalue weighted by molar-refractivity contribution is 7.89. The van der Waals surface area contributed by atoms with Gasteiger partial charge in [0.15, 0.2) is 0 Å². The number of sulfonamides is 1. The third-order valence-corrected chi connectivity index (χ3v) is 5.25. The van der Waals surface area contributed by atoms with E-state index in [-0.39, 0.29) is 11.4 Å². The second-order valence-electron chi connectivity index (χ2n) is 4.50. The van der Waals surface area contributed by atoms with Crippen LogP contribution in [0.5, 0.6) is 0 Å². The quantitative estimate of drug-likeness (QED) is 0.922. The van der Waals surface area contributed by atoms with Gasteiger partial charge in [0, 0.05) is 18.3 Å². The number of hydrogen-bond acceptors (Lipinski definition) is 4. The molecule has 0 atom stereocenters. The molecule has 4 nitrogen and oxygen atoms in total. The normalized spacial score (nSPS) is 11.8. The first-order valence-corrected chi connectivity index (χ1v) is 8.46. The van der Waals surface area contributed by atoms with E-state index in [0.717, 1.165) is 5.69 Å². The Balaban J connectivity index is 2.14. The Labute approximate surface area is 121 Å². The standard InChI is InChI=1S/C13H15FN2O2S2/c1-9-5-11(14)6-10(2)13(9)20(17,18)16-4-3-12-7-19-8-15-12/h5-8,16H,3-4H2,1-2H3. The van der Waals surface area contributed by atoms with Crippen molar-refractivity contribution >= 4 is 21.4 Å². The second kappa shape index (κ2) is 5.99. The fourth-order valence-electron chi connectivity index (χ4n) is 2.07. The molecule has 0 fully saturated rings. The number of nitrogens with one attached hydrogen (secondary N) is 1. The summed E-state index contributed by atoms with van der Waals surface area (Å²) in [6.07, 6.45) is 0.530. The number of hydrogen-bond donors (Lipinski definition) is 1. The molecule has 1 aromatic carbocycles. The molecule has 1 heterocycles. The molecule has 0 bridgehead atoms. The summed E-state index contributed by atoms with van der Waals surface area (Å²) in [6, 6.07) is 2.45. The van der Waals surface area contributed by atoms with E-state index in [9.17, 15) is 12.8 Å². The highest BCUT2D eigenvalue weighted by Crippen LogP contribution is 2.21. The molecule has 108 valence electrons. The molecule has 20 heavy (non-hydrogen) atoms. The molecule has 1 aromatic heterocycles. The highest BCUT2D eigenvalue weighted by Gasteiger charge is 2.19. The number of thiazole rings is 1. The van der Waals surface area contributed by atoms with Crippen molar-refractivity contribution in [2.24, 2.45) is 0 Å². The molecule has 2 rings (SSSR count). The molecule has 2 aromatic rings. The van der Waals surface area contributed by atoms with Crippen LogP contribution in [0.25, 0.3) is 0 Å². The molecular formula is C13H15FN2O2S2. The maximum atomic E-state index is 13.2. The maximum absolute atomic E-state index is 13.2. The molecule has 7 heteroatoms. The van der Waals surface area contributed by atoms with E-state index < -0.39 is 15.8 Å². The molecule has 0 unspecified atom stereocenters. The van der Waals surface area contributed by atoms with Crippen LogP contribution in [0.15, 0.2) is 27.9 Å². The fourth-order valence-corrected chi connectivity index (χ4v) is 4.14. The summed E-state index contributed by atoms with van der Waals surface area (Å²) < 4.78 is 40.3. The minimum Gasteiger partial charge on any atom is -0.250 e. The molecule has 0 aliphatic rings. The number of nitrogens with zero attached hydrogens (tertiary/aromatic N) is 1. The maximum Gasteiger partial charge on any atom is 0.241 e. The lowest BCUT2D eigenvalue weighted by atomic mass is 10.1. The summed E-state index contributed by atoms with van der Waals surface area (Å²) >= 11 is 1.47. The van der Waals surface area contributed by atoms with Crippen LogP contribution in [0.4, 0.5) is 4.39 Å². The predicted molar refractivity (Wildman–Crippen MR) is 76.9 cm³/mol. The third kappa shape index (κ3) is 3.41. The van der Waals surface area contributed by atoms with Gasteiger partial charge in [-0.05, 0) is 37.1 Å². The van der Waals surface area contributed by atoms with Gasteiger partial charge < -0.3 is 0 Å². The average Bonchev–Trinajstić information content (AvgIpc) is 2.79. The molecule has 0 aliphatic heterocycles. The summed E-state index contributed by atoms with van der Waals surface area (Å²) in [5, 5.41) is 1.88. The predicted octanol–water partition coefficient (Wildman–Crippen LogP) is 2.42. The number of rotatable bonds is 5. The minimum absolute atomic E-state index is 0.150. The van der Waals surface area contributed by atoms with Crippen LogP contribution in [0.2, 0.25) is 0 Å². The zero-order chi connectivity index (χ0) is 14.8. The number of halogens is 1. The first-order valence-electron chi connectivity index (χ1n) is 6.03. The van der Waals surface area contributed by atoms with E-state index in [0.29, 0.717) is 17.5 Å². The summed E-state index contributed by atoms with van der Waals surface area (Å²) in [4.78, 5) is 4.24. The lowest BCUT2D eigenvalue weighted by molar-refractivity contribution is 0.578. The molecular weight excluding hydrogens is 299 g/mol. The van der Waals surface area contributed by atoms with E-state index in [1.807, 2.05) is 5.38 Å².